The second-order valence-corrected chi connectivity index (χ2v) is 15.1. The second kappa shape index (κ2) is 2.07. The van der Waals surface area contributed by atoms with Gasteiger partial charge in [0.15, 0.2) is 8.32 Å². The van der Waals surface area contributed by atoms with Gasteiger partial charge in [0.25, 0.3) is 0 Å². The third kappa shape index (κ3) is 0.993. The van der Waals surface area contributed by atoms with Crippen LogP contribution in [0.1, 0.15) is 6.42 Å². The van der Waals surface area contributed by atoms with Gasteiger partial charge in [0.1, 0.15) is 0 Å². The predicted molar refractivity (Wildman–Crippen MR) is 55.2 cm³/mol. The summed E-state index contributed by atoms with van der Waals surface area (Å²) in [5.41, 5.74) is 1.37. The number of hydrogen-bond acceptors (Lipinski definition) is 1. The topological polar surface area (TPSA) is 20.2 Å². The molecule has 4 aliphatic rings. The molecule has 0 aromatic carbocycles. The zero-order valence-electron chi connectivity index (χ0n) is 7.84. The van der Waals surface area contributed by atoms with E-state index in [1.807, 2.05) is 0 Å². The van der Waals surface area contributed by atoms with Crippen LogP contribution in [-0.4, -0.2) is 21.2 Å². The van der Waals surface area contributed by atoms with Crippen LogP contribution in [-0.2, 0) is 0 Å². The summed E-state index contributed by atoms with van der Waals surface area (Å²) in [5, 5.41) is 0. The highest BCUT2D eigenvalue weighted by molar-refractivity contribution is 6.96. The Balaban J connectivity index is 1.98. The van der Waals surface area contributed by atoms with Crippen molar-refractivity contribution in [2.24, 2.45) is 11.8 Å². The second-order valence-electron chi connectivity index (χ2n) is 6.00. The van der Waals surface area contributed by atoms with Gasteiger partial charge in [0.05, 0.1) is 8.07 Å². The highest BCUT2D eigenvalue weighted by Gasteiger charge is 2.57. The van der Waals surface area contributed by atoms with E-state index in [0.29, 0.717) is 0 Å². The molecule has 0 aliphatic carbocycles. The van der Waals surface area contributed by atoms with Gasteiger partial charge in [0, 0.05) is 0 Å². The Morgan fingerprint density at radius 1 is 1.08 bits per heavy atom. The van der Waals surface area contributed by atoms with Crippen LogP contribution in [0, 0.1) is 11.8 Å². The number of rotatable bonds is 0. The smallest absolute Gasteiger partial charge is 0.186 e. The highest BCUT2D eigenvalue weighted by Crippen LogP contribution is 2.56. The van der Waals surface area contributed by atoms with Crippen molar-refractivity contribution in [3.05, 3.63) is 0 Å². The molecule has 1 nitrogen and oxygen atoms in total. The average Bonchev–Trinajstić information content (AvgIpc) is 1.75. The minimum Gasteiger partial charge on any atom is -0.432 e. The van der Waals surface area contributed by atoms with E-state index < -0.39 is 16.4 Å². The van der Waals surface area contributed by atoms with Crippen molar-refractivity contribution in [3.8, 4) is 0 Å². The van der Waals surface area contributed by atoms with Crippen LogP contribution in [0.4, 0.5) is 0 Å². The maximum atomic E-state index is 10.4. The van der Waals surface area contributed by atoms with E-state index in [2.05, 4.69) is 6.55 Å². The zero-order chi connectivity index (χ0) is 8.40. The highest BCUT2D eigenvalue weighted by atomic mass is 28.4. The van der Waals surface area contributed by atoms with E-state index in [0.717, 1.165) is 11.8 Å². The molecule has 0 saturated carbocycles. The fourth-order valence-electron chi connectivity index (χ4n) is 4.67. The van der Waals surface area contributed by atoms with E-state index in [9.17, 15) is 4.80 Å². The van der Waals surface area contributed by atoms with E-state index in [1.165, 1.54) is 24.2 Å². The summed E-state index contributed by atoms with van der Waals surface area (Å²) >= 11 is 0. The van der Waals surface area contributed by atoms with E-state index in [1.54, 1.807) is 12.1 Å². The largest absolute Gasteiger partial charge is 0.432 e. The van der Waals surface area contributed by atoms with Crippen LogP contribution in [0.5, 0.6) is 0 Å². The van der Waals surface area contributed by atoms with Gasteiger partial charge in [-0.3, -0.25) is 0 Å². The van der Waals surface area contributed by atoms with Crippen LogP contribution < -0.4 is 0 Å². The molecule has 4 aliphatic heterocycles. The Morgan fingerprint density at radius 2 is 1.67 bits per heavy atom. The maximum Gasteiger partial charge on any atom is 0.186 e. The molecule has 2 unspecified atom stereocenters. The fourth-order valence-corrected chi connectivity index (χ4v) is 20.4. The molecule has 4 saturated heterocycles. The average molecular weight is 198 g/mol. The lowest BCUT2D eigenvalue weighted by Gasteiger charge is -2.57. The van der Waals surface area contributed by atoms with Gasteiger partial charge in [-0.15, -0.1) is 0 Å². The first kappa shape index (κ1) is 7.77. The molecule has 4 atom stereocenters. The normalized spacial score (nSPS) is 62.5. The molecule has 4 fully saturated rings. The summed E-state index contributed by atoms with van der Waals surface area (Å²) in [7, 11) is -2.47. The third-order valence-corrected chi connectivity index (χ3v) is 16.2. The Morgan fingerprint density at radius 3 is 2.08 bits per heavy atom. The van der Waals surface area contributed by atoms with Crippen molar-refractivity contribution in [2.45, 2.75) is 42.8 Å². The first-order valence-corrected chi connectivity index (χ1v) is 11.0. The van der Waals surface area contributed by atoms with Crippen molar-refractivity contribution in [1.82, 2.24) is 0 Å². The fraction of sp³-hybridized carbons (Fsp3) is 1.00. The molecule has 1 N–H and O–H groups in total. The Labute approximate surface area is 76.3 Å². The van der Waals surface area contributed by atoms with Crippen LogP contribution in [0.3, 0.4) is 0 Å². The standard InChI is InChI=1S/C9H18OSi2/c1-11-3-8-2-9(4-11)6-12(10,5-8)7-11/h8-10H,2-7H2,1H3/t8-,9+,11?,12?. The summed E-state index contributed by atoms with van der Waals surface area (Å²) < 4.78 is 0. The summed E-state index contributed by atoms with van der Waals surface area (Å²) in [5.74, 6) is 1.97. The molecule has 4 bridgehead atoms. The molecule has 3 heteroatoms. The van der Waals surface area contributed by atoms with Gasteiger partial charge in [-0.25, -0.2) is 0 Å². The van der Waals surface area contributed by atoms with Gasteiger partial charge in [-0.1, -0.05) is 18.6 Å². The van der Waals surface area contributed by atoms with E-state index in [4.69, 9.17) is 0 Å². The molecule has 0 aromatic rings. The minimum atomic E-state index is -1.61. The Hall–Kier alpha value is 0.394. The van der Waals surface area contributed by atoms with E-state index >= 15 is 0 Å². The summed E-state index contributed by atoms with van der Waals surface area (Å²) in [6.07, 6.45) is 1.48. The quantitative estimate of drug-likeness (QED) is 0.592. The van der Waals surface area contributed by atoms with Gasteiger partial charge in [-0.05, 0) is 36.0 Å². The SMILES string of the molecule is C[Si]12C[C@H]3C[C@@H](C1)C[Si](O)(C3)C2. The van der Waals surface area contributed by atoms with Gasteiger partial charge in [0.2, 0.25) is 0 Å². The molecule has 4 rings (SSSR count). The van der Waals surface area contributed by atoms with Crippen LogP contribution in [0.2, 0.25) is 36.4 Å². The number of hydrogen-bond donors (Lipinski definition) is 1. The van der Waals surface area contributed by atoms with Crippen molar-refractivity contribution in [1.29, 1.82) is 0 Å². The minimum absolute atomic E-state index is 0.861. The molecular formula is C9H18OSi2. The van der Waals surface area contributed by atoms with Crippen LogP contribution >= 0.6 is 0 Å². The Bertz CT molecular complexity index is 195. The molecule has 0 radical (unpaired) electrons. The molecule has 0 amide bonds. The first-order chi connectivity index (χ1) is 5.57. The molecule has 12 heavy (non-hydrogen) atoms. The third-order valence-electron chi connectivity index (χ3n) is 4.32. The Kier molecular flexibility index (Phi) is 1.34. The van der Waals surface area contributed by atoms with Crippen molar-refractivity contribution in [2.75, 3.05) is 0 Å². The van der Waals surface area contributed by atoms with Gasteiger partial charge in [-0.2, -0.15) is 0 Å². The molecular weight excluding hydrogens is 180 g/mol. The van der Waals surface area contributed by atoms with Crippen molar-refractivity contribution >= 4 is 16.4 Å². The molecule has 68 valence electrons. The van der Waals surface area contributed by atoms with Crippen LogP contribution in [0.25, 0.3) is 0 Å². The monoisotopic (exact) mass is 198 g/mol. The van der Waals surface area contributed by atoms with E-state index in [-0.39, 0.29) is 0 Å². The van der Waals surface area contributed by atoms with Crippen molar-refractivity contribution in [3.63, 3.8) is 0 Å². The molecule has 4 heterocycles. The maximum absolute atomic E-state index is 10.4. The summed E-state index contributed by atoms with van der Waals surface area (Å²) in [4.78, 5) is 10.4. The zero-order valence-corrected chi connectivity index (χ0v) is 9.84. The lowest BCUT2D eigenvalue weighted by atomic mass is 9.98. The molecule has 0 spiro atoms. The lowest BCUT2D eigenvalue weighted by Crippen LogP contribution is -2.61. The summed E-state index contributed by atoms with van der Waals surface area (Å²) in [6.45, 7) is 2.56. The first-order valence-electron chi connectivity index (χ1n) is 5.29. The molecule has 0 aromatic heterocycles. The van der Waals surface area contributed by atoms with Gasteiger partial charge < -0.3 is 4.80 Å². The van der Waals surface area contributed by atoms with Crippen LogP contribution in [0.15, 0.2) is 0 Å². The van der Waals surface area contributed by atoms with Gasteiger partial charge >= 0.3 is 0 Å². The predicted octanol–water partition coefficient (Wildman–Crippen LogP) is 2.21. The lowest BCUT2D eigenvalue weighted by molar-refractivity contribution is 0.342. The van der Waals surface area contributed by atoms with Crippen molar-refractivity contribution < 1.29 is 4.80 Å². The summed E-state index contributed by atoms with van der Waals surface area (Å²) in [6, 6.07) is 5.70.